The zero-order chi connectivity index (χ0) is 20.3. The lowest BCUT2D eigenvalue weighted by Crippen LogP contribution is -2.25. The van der Waals surface area contributed by atoms with E-state index in [0.29, 0.717) is 29.7 Å². The van der Waals surface area contributed by atoms with Crippen molar-refractivity contribution < 1.29 is 9.59 Å². The van der Waals surface area contributed by atoms with Gasteiger partial charge in [-0.2, -0.15) is 5.10 Å². The van der Waals surface area contributed by atoms with Crippen molar-refractivity contribution in [2.45, 2.75) is 40.2 Å². The summed E-state index contributed by atoms with van der Waals surface area (Å²) in [4.78, 5) is 26.2. The second kappa shape index (κ2) is 8.61. The molecule has 0 unspecified atom stereocenters. The number of hydrogen-bond acceptors (Lipinski definition) is 3. The first-order chi connectivity index (χ1) is 13.4. The number of aryl methyl sites for hydroxylation is 1. The number of anilines is 2. The molecule has 0 aliphatic carbocycles. The molecule has 3 rings (SSSR count). The Bertz CT molecular complexity index is 917. The molecule has 2 heterocycles. The maximum Gasteiger partial charge on any atom is 0.248 e. The van der Waals surface area contributed by atoms with E-state index in [1.165, 1.54) is 6.08 Å². The number of carbonyl (C=O) groups excluding carboxylic acids is 2. The average Bonchev–Trinajstić information content (AvgIpc) is 3.17. The molecule has 2 amide bonds. The molecule has 1 aromatic carbocycles. The van der Waals surface area contributed by atoms with Crippen LogP contribution in [0.3, 0.4) is 0 Å². The molecule has 7 heteroatoms. The fraction of sp³-hybridized carbons (Fsp3) is 0.381. The van der Waals surface area contributed by atoms with Crippen molar-refractivity contribution in [2.75, 3.05) is 16.8 Å². The lowest BCUT2D eigenvalue weighted by molar-refractivity contribution is -0.117. The van der Waals surface area contributed by atoms with Crippen LogP contribution in [-0.2, 0) is 16.1 Å². The lowest BCUT2D eigenvalue weighted by Gasteiger charge is -2.19. The SMILES string of the molecule is Cc1nn(CC(C)C)c(Cl)c1/C=C/C(=O)Nc1ccccc1N1CCCC1=O. The van der Waals surface area contributed by atoms with E-state index < -0.39 is 0 Å². The Hall–Kier alpha value is -2.60. The molecule has 2 aromatic rings. The molecule has 1 aliphatic heterocycles. The Morgan fingerprint density at radius 3 is 2.79 bits per heavy atom. The second-order valence-electron chi connectivity index (χ2n) is 7.35. The van der Waals surface area contributed by atoms with Crippen molar-refractivity contribution in [1.29, 1.82) is 0 Å². The van der Waals surface area contributed by atoms with Gasteiger partial charge in [-0.15, -0.1) is 0 Å². The van der Waals surface area contributed by atoms with Gasteiger partial charge in [-0.3, -0.25) is 14.3 Å². The van der Waals surface area contributed by atoms with Crippen LogP contribution in [-0.4, -0.2) is 28.1 Å². The number of halogens is 1. The first-order valence-corrected chi connectivity index (χ1v) is 9.86. The maximum atomic E-state index is 12.5. The molecule has 0 spiro atoms. The summed E-state index contributed by atoms with van der Waals surface area (Å²) < 4.78 is 1.76. The normalized spacial score (nSPS) is 14.5. The Morgan fingerprint density at radius 2 is 2.11 bits per heavy atom. The van der Waals surface area contributed by atoms with Crippen molar-refractivity contribution in [3.8, 4) is 0 Å². The van der Waals surface area contributed by atoms with Gasteiger partial charge in [0.15, 0.2) is 0 Å². The molecule has 0 bridgehead atoms. The van der Waals surface area contributed by atoms with Crippen LogP contribution in [0, 0.1) is 12.8 Å². The third kappa shape index (κ3) is 4.44. The second-order valence-corrected chi connectivity index (χ2v) is 7.71. The smallest absolute Gasteiger partial charge is 0.248 e. The topological polar surface area (TPSA) is 67.2 Å². The monoisotopic (exact) mass is 400 g/mol. The van der Waals surface area contributed by atoms with Gasteiger partial charge in [0.2, 0.25) is 11.8 Å². The average molecular weight is 401 g/mol. The molecule has 0 atom stereocenters. The predicted molar refractivity (Wildman–Crippen MR) is 113 cm³/mol. The summed E-state index contributed by atoms with van der Waals surface area (Å²) in [6.45, 7) is 7.45. The van der Waals surface area contributed by atoms with Crippen molar-refractivity contribution in [2.24, 2.45) is 5.92 Å². The molecule has 1 N–H and O–H groups in total. The molecule has 6 nitrogen and oxygen atoms in total. The molecule has 1 saturated heterocycles. The van der Waals surface area contributed by atoms with Crippen LogP contribution in [0.1, 0.15) is 37.9 Å². The van der Waals surface area contributed by atoms with Crippen molar-refractivity contribution in [3.63, 3.8) is 0 Å². The number of nitrogens with zero attached hydrogens (tertiary/aromatic N) is 3. The molecular weight excluding hydrogens is 376 g/mol. The van der Waals surface area contributed by atoms with Crippen molar-refractivity contribution in [3.05, 3.63) is 46.8 Å². The van der Waals surface area contributed by atoms with E-state index in [0.717, 1.165) is 29.9 Å². The number of carbonyl (C=O) groups is 2. The molecule has 1 aromatic heterocycles. The highest BCUT2D eigenvalue weighted by molar-refractivity contribution is 6.31. The lowest BCUT2D eigenvalue weighted by atomic mass is 10.2. The van der Waals surface area contributed by atoms with Gasteiger partial charge in [-0.1, -0.05) is 37.6 Å². The number of hydrogen-bond donors (Lipinski definition) is 1. The Kier molecular flexibility index (Phi) is 6.19. The summed E-state index contributed by atoms with van der Waals surface area (Å²) in [5.41, 5.74) is 2.86. The summed E-state index contributed by atoms with van der Waals surface area (Å²) >= 11 is 6.42. The van der Waals surface area contributed by atoms with Crippen molar-refractivity contribution in [1.82, 2.24) is 9.78 Å². The van der Waals surface area contributed by atoms with Crippen LogP contribution in [0.15, 0.2) is 30.3 Å². The van der Waals surface area contributed by atoms with Crippen LogP contribution in [0.2, 0.25) is 5.15 Å². The highest BCUT2D eigenvalue weighted by atomic mass is 35.5. The summed E-state index contributed by atoms with van der Waals surface area (Å²) in [5, 5.41) is 7.84. The Labute approximate surface area is 170 Å². The zero-order valence-electron chi connectivity index (χ0n) is 16.4. The van der Waals surface area contributed by atoms with Crippen LogP contribution in [0.25, 0.3) is 6.08 Å². The van der Waals surface area contributed by atoms with Gasteiger partial charge in [0, 0.05) is 31.1 Å². The largest absolute Gasteiger partial charge is 0.321 e. The number of benzene rings is 1. The van der Waals surface area contributed by atoms with Gasteiger partial charge in [-0.25, -0.2) is 0 Å². The van der Waals surface area contributed by atoms with E-state index in [1.807, 2.05) is 25.1 Å². The van der Waals surface area contributed by atoms with E-state index in [2.05, 4.69) is 24.3 Å². The third-order valence-electron chi connectivity index (χ3n) is 4.57. The standard InChI is InChI=1S/C21H25ClN4O2/c1-14(2)13-26-21(22)16(15(3)24-26)10-11-19(27)23-17-7-4-5-8-18(17)25-12-6-9-20(25)28/h4-5,7-8,10-11,14H,6,9,12-13H2,1-3H3,(H,23,27)/b11-10+. The van der Waals surface area contributed by atoms with E-state index in [9.17, 15) is 9.59 Å². The van der Waals surface area contributed by atoms with Crippen LogP contribution >= 0.6 is 11.6 Å². The zero-order valence-corrected chi connectivity index (χ0v) is 17.2. The van der Waals surface area contributed by atoms with E-state index in [1.54, 1.807) is 21.7 Å². The summed E-state index contributed by atoms with van der Waals surface area (Å²) in [5.74, 6) is 0.213. The fourth-order valence-corrected chi connectivity index (χ4v) is 3.58. The highest BCUT2D eigenvalue weighted by Crippen LogP contribution is 2.29. The van der Waals surface area contributed by atoms with E-state index in [-0.39, 0.29) is 11.8 Å². The van der Waals surface area contributed by atoms with E-state index >= 15 is 0 Å². The molecule has 1 fully saturated rings. The number of rotatable bonds is 6. The number of amides is 2. The Morgan fingerprint density at radius 1 is 1.36 bits per heavy atom. The number of aromatic nitrogens is 2. The Balaban J connectivity index is 1.75. The highest BCUT2D eigenvalue weighted by Gasteiger charge is 2.24. The molecule has 148 valence electrons. The summed E-state index contributed by atoms with van der Waals surface area (Å²) in [6.07, 6.45) is 4.50. The number of nitrogens with one attached hydrogen (secondary N) is 1. The minimum atomic E-state index is -0.286. The quantitative estimate of drug-likeness (QED) is 0.736. The van der Waals surface area contributed by atoms with E-state index in [4.69, 9.17) is 11.6 Å². The van der Waals surface area contributed by atoms with Gasteiger partial charge < -0.3 is 10.2 Å². The first kappa shape index (κ1) is 20.1. The molecule has 28 heavy (non-hydrogen) atoms. The van der Waals surface area contributed by atoms with Crippen LogP contribution < -0.4 is 10.2 Å². The third-order valence-corrected chi connectivity index (χ3v) is 4.97. The van der Waals surface area contributed by atoms with Crippen LogP contribution in [0.5, 0.6) is 0 Å². The molecular formula is C21H25ClN4O2. The van der Waals surface area contributed by atoms with Gasteiger partial charge in [0.1, 0.15) is 5.15 Å². The first-order valence-electron chi connectivity index (χ1n) is 9.48. The molecule has 0 saturated carbocycles. The summed E-state index contributed by atoms with van der Waals surface area (Å²) in [6, 6.07) is 7.34. The van der Waals surface area contributed by atoms with Gasteiger partial charge in [0.25, 0.3) is 0 Å². The maximum absolute atomic E-state index is 12.5. The minimum absolute atomic E-state index is 0.0808. The fourth-order valence-electron chi connectivity index (χ4n) is 3.27. The molecule has 0 radical (unpaired) electrons. The van der Waals surface area contributed by atoms with Crippen LogP contribution in [0.4, 0.5) is 11.4 Å². The van der Waals surface area contributed by atoms with Crippen molar-refractivity contribution >= 4 is 40.9 Å². The number of para-hydroxylation sites is 2. The van der Waals surface area contributed by atoms with Gasteiger partial charge in [-0.05, 0) is 37.5 Å². The minimum Gasteiger partial charge on any atom is -0.321 e. The molecule has 1 aliphatic rings. The van der Waals surface area contributed by atoms with Gasteiger partial charge in [0.05, 0.1) is 17.1 Å². The predicted octanol–water partition coefficient (Wildman–Crippen LogP) is 4.28. The summed E-state index contributed by atoms with van der Waals surface area (Å²) in [7, 11) is 0. The van der Waals surface area contributed by atoms with Gasteiger partial charge >= 0.3 is 0 Å².